The lowest BCUT2D eigenvalue weighted by molar-refractivity contribution is -0.143. The molecule has 1 unspecified atom stereocenters. The van der Waals surface area contributed by atoms with Crippen LogP contribution in [0.3, 0.4) is 0 Å². The second-order valence-corrected chi connectivity index (χ2v) is 9.35. The standard InChI is InChI=1S/C13H28O3Si/c1-6-8-9-10-11-15-13(14)12(3)17(4,5)16-7-2/h12H,6-11H2,1-5H3. The number of hydrogen-bond donors (Lipinski definition) is 0. The van der Waals surface area contributed by atoms with Crippen molar-refractivity contribution in [2.24, 2.45) is 0 Å². The van der Waals surface area contributed by atoms with Gasteiger partial charge in [0.05, 0.1) is 12.1 Å². The molecule has 0 radical (unpaired) electrons. The predicted molar refractivity (Wildman–Crippen MR) is 73.6 cm³/mol. The van der Waals surface area contributed by atoms with E-state index < -0.39 is 8.32 Å². The molecule has 0 spiro atoms. The van der Waals surface area contributed by atoms with E-state index in [0.29, 0.717) is 13.2 Å². The second kappa shape index (κ2) is 8.70. The highest BCUT2D eigenvalue weighted by Crippen LogP contribution is 2.23. The minimum atomic E-state index is -1.92. The number of hydrogen-bond acceptors (Lipinski definition) is 3. The molecule has 0 aromatic heterocycles. The Labute approximate surface area is 107 Å². The molecular weight excluding hydrogens is 232 g/mol. The zero-order chi connectivity index (χ0) is 13.3. The minimum Gasteiger partial charge on any atom is -0.466 e. The predicted octanol–water partition coefficient (Wildman–Crippen LogP) is 3.74. The van der Waals surface area contributed by atoms with Gasteiger partial charge in [0.15, 0.2) is 8.32 Å². The van der Waals surface area contributed by atoms with Gasteiger partial charge in [-0.05, 0) is 26.4 Å². The Morgan fingerprint density at radius 2 is 1.82 bits per heavy atom. The average molecular weight is 260 g/mol. The summed E-state index contributed by atoms with van der Waals surface area (Å²) in [6.07, 6.45) is 4.54. The van der Waals surface area contributed by atoms with Crippen molar-refractivity contribution < 1.29 is 14.0 Å². The van der Waals surface area contributed by atoms with Gasteiger partial charge in [0.2, 0.25) is 0 Å². The molecule has 0 rings (SSSR count). The number of carbonyl (C=O) groups excluding carboxylic acids is 1. The Bertz CT molecular complexity index is 217. The van der Waals surface area contributed by atoms with E-state index in [1.165, 1.54) is 12.8 Å². The Morgan fingerprint density at radius 3 is 2.35 bits per heavy atom. The van der Waals surface area contributed by atoms with Crippen molar-refractivity contribution in [1.29, 1.82) is 0 Å². The number of esters is 1. The van der Waals surface area contributed by atoms with E-state index in [4.69, 9.17) is 9.16 Å². The van der Waals surface area contributed by atoms with Crippen LogP contribution in [0.5, 0.6) is 0 Å². The highest BCUT2D eigenvalue weighted by Gasteiger charge is 2.36. The topological polar surface area (TPSA) is 35.5 Å². The fraction of sp³-hybridized carbons (Fsp3) is 0.923. The van der Waals surface area contributed by atoms with Gasteiger partial charge in [-0.3, -0.25) is 4.79 Å². The molecule has 0 heterocycles. The van der Waals surface area contributed by atoms with Crippen LogP contribution in [0.4, 0.5) is 0 Å². The molecular formula is C13H28O3Si. The fourth-order valence-electron chi connectivity index (χ4n) is 1.61. The first-order chi connectivity index (χ1) is 7.95. The van der Waals surface area contributed by atoms with Crippen LogP contribution in [0, 0.1) is 0 Å². The fourth-order valence-corrected chi connectivity index (χ4v) is 3.25. The lowest BCUT2D eigenvalue weighted by Gasteiger charge is -2.27. The van der Waals surface area contributed by atoms with Gasteiger partial charge in [0.1, 0.15) is 0 Å². The van der Waals surface area contributed by atoms with Crippen molar-refractivity contribution in [3.63, 3.8) is 0 Å². The molecule has 102 valence electrons. The molecule has 4 heteroatoms. The first-order valence-electron chi connectivity index (χ1n) is 6.76. The molecule has 17 heavy (non-hydrogen) atoms. The summed E-state index contributed by atoms with van der Waals surface area (Å²) >= 11 is 0. The van der Waals surface area contributed by atoms with Gasteiger partial charge in [0.25, 0.3) is 0 Å². The molecule has 0 amide bonds. The number of unbranched alkanes of at least 4 members (excludes halogenated alkanes) is 3. The van der Waals surface area contributed by atoms with E-state index in [2.05, 4.69) is 20.0 Å². The Balaban J connectivity index is 3.89. The normalized spacial score (nSPS) is 13.5. The lowest BCUT2D eigenvalue weighted by atomic mass is 10.2. The first-order valence-corrected chi connectivity index (χ1v) is 9.74. The van der Waals surface area contributed by atoms with Crippen molar-refractivity contribution in [1.82, 2.24) is 0 Å². The summed E-state index contributed by atoms with van der Waals surface area (Å²) in [7, 11) is -1.92. The zero-order valence-corrected chi connectivity index (χ0v) is 13.0. The third-order valence-electron chi connectivity index (χ3n) is 3.15. The summed E-state index contributed by atoms with van der Waals surface area (Å²) in [5, 5.41) is 0. The van der Waals surface area contributed by atoms with E-state index in [1.807, 2.05) is 13.8 Å². The van der Waals surface area contributed by atoms with E-state index in [-0.39, 0.29) is 11.5 Å². The number of rotatable bonds is 9. The van der Waals surface area contributed by atoms with Crippen molar-refractivity contribution >= 4 is 14.3 Å². The highest BCUT2D eigenvalue weighted by atomic mass is 28.4. The summed E-state index contributed by atoms with van der Waals surface area (Å²) in [5.74, 6) is -0.0911. The highest BCUT2D eigenvalue weighted by molar-refractivity contribution is 6.75. The molecule has 0 aliphatic rings. The summed E-state index contributed by atoms with van der Waals surface area (Å²) in [6, 6.07) is 0. The SMILES string of the molecule is CCCCCCOC(=O)C(C)[Si](C)(C)OCC. The van der Waals surface area contributed by atoms with Crippen LogP contribution in [-0.2, 0) is 14.0 Å². The van der Waals surface area contributed by atoms with Crippen LogP contribution in [0.2, 0.25) is 18.6 Å². The van der Waals surface area contributed by atoms with Crippen LogP contribution < -0.4 is 0 Å². The molecule has 0 fully saturated rings. The third kappa shape index (κ3) is 6.84. The van der Waals surface area contributed by atoms with Crippen LogP contribution in [0.15, 0.2) is 0 Å². The number of carbonyl (C=O) groups is 1. The van der Waals surface area contributed by atoms with E-state index in [1.54, 1.807) is 0 Å². The summed E-state index contributed by atoms with van der Waals surface area (Å²) in [4.78, 5) is 11.8. The smallest absolute Gasteiger partial charge is 0.308 e. The summed E-state index contributed by atoms with van der Waals surface area (Å²) in [6.45, 7) is 11.4. The summed E-state index contributed by atoms with van der Waals surface area (Å²) < 4.78 is 11.0. The van der Waals surface area contributed by atoms with E-state index in [0.717, 1.165) is 12.8 Å². The molecule has 0 aromatic rings. The molecule has 0 bridgehead atoms. The van der Waals surface area contributed by atoms with Crippen molar-refractivity contribution in [3.8, 4) is 0 Å². The molecule has 0 aromatic carbocycles. The second-order valence-electron chi connectivity index (χ2n) is 4.99. The Kier molecular flexibility index (Phi) is 8.52. The first kappa shape index (κ1) is 16.6. The Morgan fingerprint density at radius 1 is 1.18 bits per heavy atom. The largest absolute Gasteiger partial charge is 0.466 e. The van der Waals surface area contributed by atoms with Gasteiger partial charge in [-0.2, -0.15) is 0 Å². The van der Waals surface area contributed by atoms with Crippen molar-refractivity contribution in [3.05, 3.63) is 0 Å². The van der Waals surface area contributed by atoms with Crippen LogP contribution >= 0.6 is 0 Å². The van der Waals surface area contributed by atoms with Crippen LogP contribution in [0.25, 0.3) is 0 Å². The van der Waals surface area contributed by atoms with Gasteiger partial charge in [-0.25, -0.2) is 0 Å². The molecule has 3 nitrogen and oxygen atoms in total. The summed E-state index contributed by atoms with van der Waals surface area (Å²) in [5.41, 5.74) is -0.0892. The monoisotopic (exact) mass is 260 g/mol. The lowest BCUT2D eigenvalue weighted by Crippen LogP contribution is -2.39. The zero-order valence-electron chi connectivity index (χ0n) is 12.0. The van der Waals surface area contributed by atoms with Crippen LogP contribution in [-0.4, -0.2) is 27.5 Å². The van der Waals surface area contributed by atoms with Crippen LogP contribution in [0.1, 0.15) is 46.5 Å². The molecule has 0 saturated heterocycles. The van der Waals surface area contributed by atoms with Gasteiger partial charge in [0, 0.05) is 6.61 Å². The van der Waals surface area contributed by atoms with Crippen molar-refractivity contribution in [2.45, 2.75) is 65.1 Å². The van der Waals surface area contributed by atoms with Gasteiger partial charge in [-0.15, -0.1) is 0 Å². The average Bonchev–Trinajstić information content (AvgIpc) is 2.27. The molecule has 1 atom stereocenters. The molecule has 0 aliphatic heterocycles. The quantitative estimate of drug-likeness (QED) is 0.360. The van der Waals surface area contributed by atoms with E-state index >= 15 is 0 Å². The third-order valence-corrected chi connectivity index (χ3v) is 6.51. The van der Waals surface area contributed by atoms with E-state index in [9.17, 15) is 4.79 Å². The maximum atomic E-state index is 11.8. The van der Waals surface area contributed by atoms with Crippen molar-refractivity contribution in [2.75, 3.05) is 13.2 Å². The maximum Gasteiger partial charge on any atom is 0.308 e. The van der Waals surface area contributed by atoms with Gasteiger partial charge < -0.3 is 9.16 Å². The number of ether oxygens (including phenoxy) is 1. The van der Waals surface area contributed by atoms with Gasteiger partial charge in [-0.1, -0.05) is 33.1 Å². The van der Waals surface area contributed by atoms with Gasteiger partial charge >= 0.3 is 5.97 Å². The molecule has 0 aliphatic carbocycles. The molecule has 0 N–H and O–H groups in total. The maximum absolute atomic E-state index is 11.8. The Hall–Kier alpha value is -0.353. The molecule has 0 saturated carbocycles. The minimum absolute atomic E-state index is 0.0892.